The van der Waals surface area contributed by atoms with Gasteiger partial charge in [-0.15, -0.1) is 0 Å². The molecule has 0 saturated carbocycles. The van der Waals surface area contributed by atoms with Crippen molar-refractivity contribution in [1.29, 1.82) is 0 Å². The maximum Gasteiger partial charge on any atom is 0.251 e. The predicted molar refractivity (Wildman–Crippen MR) is 168 cm³/mol. The van der Waals surface area contributed by atoms with Gasteiger partial charge in [-0.3, -0.25) is 14.8 Å². The van der Waals surface area contributed by atoms with Crippen LogP contribution in [0.1, 0.15) is 69.7 Å². The Bertz CT molecular complexity index is 1090. The maximum atomic E-state index is 11.5. The van der Waals surface area contributed by atoms with Crippen LogP contribution in [0.2, 0.25) is 0 Å². The number of carbonyl (C=O) groups excluding carboxylic acids is 1. The average Bonchev–Trinajstić information content (AvgIpc) is 3.36. The highest BCUT2D eigenvalue weighted by atomic mass is 16.5. The zero-order valence-electron chi connectivity index (χ0n) is 24.4. The fraction of sp³-hybridized carbons (Fsp3) is 0.424. The molecule has 6 nitrogen and oxygen atoms in total. The van der Waals surface area contributed by atoms with Gasteiger partial charge in [-0.25, -0.2) is 0 Å². The Balaban J connectivity index is 0.000000350. The van der Waals surface area contributed by atoms with Gasteiger partial charge in [0.25, 0.3) is 5.91 Å². The molecule has 1 amide bonds. The lowest BCUT2D eigenvalue weighted by molar-refractivity contribution is 0.0963. The number of aliphatic imine (C=N–C) groups is 2. The molecule has 2 aliphatic rings. The molecular weight excluding hydrogens is 484 g/mol. The summed E-state index contributed by atoms with van der Waals surface area (Å²) in [7, 11) is 5.57. The second kappa shape index (κ2) is 18.7. The molecule has 1 unspecified atom stereocenters. The number of allylic oxidation sites excluding steroid dienone is 3. The number of hydrogen-bond donors (Lipinski definition) is 1. The first-order valence-electron chi connectivity index (χ1n) is 14.0. The Morgan fingerprint density at radius 3 is 2.44 bits per heavy atom. The number of ether oxygens (including phenoxy) is 1. The molecule has 1 N–H and O–H groups in total. The van der Waals surface area contributed by atoms with Crippen molar-refractivity contribution in [3.8, 4) is 5.75 Å². The van der Waals surface area contributed by atoms with Crippen LogP contribution in [0.15, 0.2) is 82.9 Å². The summed E-state index contributed by atoms with van der Waals surface area (Å²) in [6.07, 6.45) is 14.5. The van der Waals surface area contributed by atoms with E-state index in [1.807, 2.05) is 72.9 Å². The molecule has 0 aromatic heterocycles. The van der Waals surface area contributed by atoms with Gasteiger partial charge in [0.1, 0.15) is 5.75 Å². The van der Waals surface area contributed by atoms with E-state index in [-0.39, 0.29) is 7.33 Å². The van der Waals surface area contributed by atoms with Gasteiger partial charge >= 0.3 is 0 Å². The Morgan fingerprint density at radius 1 is 1.18 bits per heavy atom. The smallest absolute Gasteiger partial charge is 0.251 e. The summed E-state index contributed by atoms with van der Waals surface area (Å²) in [4.78, 5) is 22.3. The molecule has 2 aromatic carbocycles. The summed E-state index contributed by atoms with van der Waals surface area (Å²) < 4.78 is 5.45. The molecule has 1 saturated heterocycles. The number of hydrogen-bond acceptors (Lipinski definition) is 5. The number of amides is 1. The number of likely N-dealkylation sites (tertiary alicyclic amines) is 1. The van der Waals surface area contributed by atoms with Crippen molar-refractivity contribution in [2.45, 2.75) is 58.4 Å². The molecule has 0 radical (unpaired) electrons. The number of nitrogens with one attached hydrogen (secondary N) is 1. The van der Waals surface area contributed by atoms with Gasteiger partial charge in [-0.1, -0.05) is 43.7 Å². The van der Waals surface area contributed by atoms with Crippen molar-refractivity contribution in [3.05, 3.63) is 84.1 Å². The van der Waals surface area contributed by atoms with E-state index in [1.54, 1.807) is 20.3 Å². The highest BCUT2D eigenvalue weighted by Crippen LogP contribution is 2.24. The molecule has 2 heterocycles. The molecule has 4 rings (SSSR count). The molecule has 0 bridgehead atoms. The number of nitrogens with zero attached hydrogens (tertiary/aromatic N) is 3. The maximum absolute atomic E-state index is 11.5. The SMILES string of the molecule is CC1CCCN1C.CCCCOc1ccccc1.CN=C/C=C\C1=NC=C(c2ccc(C(=O)NC)cc2)CC1.[HH]. The summed E-state index contributed by atoms with van der Waals surface area (Å²) in [6, 6.07) is 18.4. The number of benzene rings is 2. The fourth-order valence-corrected chi connectivity index (χ4v) is 4.05. The Hall–Kier alpha value is -3.51. The fourth-order valence-electron chi connectivity index (χ4n) is 4.05. The van der Waals surface area contributed by atoms with Crippen LogP contribution in [0.5, 0.6) is 5.75 Å². The van der Waals surface area contributed by atoms with Gasteiger partial charge in [0.2, 0.25) is 0 Å². The summed E-state index contributed by atoms with van der Waals surface area (Å²) in [5, 5.41) is 2.62. The molecule has 0 aliphatic carbocycles. The first-order valence-corrected chi connectivity index (χ1v) is 14.0. The predicted octanol–water partition coefficient (Wildman–Crippen LogP) is 7.09. The minimum absolute atomic E-state index is 0. The number of para-hydroxylation sites is 1. The van der Waals surface area contributed by atoms with Crippen LogP contribution >= 0.6 is 0 Å². The van der Waals surface area contributed by atoms with Gasteiger partial charge < -0.3 is 15.0 Å². The normalized spacial score (nSPS) is 17.0. The molecule has 212 valence electrons. The summed E-state index contributed by atoms with van der Waals surface area (Å²) in [6.45, 7) is 6.59. The Morgan fingerprint density at radius 2 is 1.92 bits per heavy atom. The van der Waals surface area contributed by atoms with Crippen LogP contribution in [0, 0.1) is 0 Å². The quantitative estimate of drug-likeness (QED) is 0.291. The van der Waals surface area contributed by atoms with Crippen molar-refractivity contribution >= 4 is 23.4 Å². The van der Waals surface area contributed by atoms with Crippen molar-refractivity contribution in [2.24, 2.45) is 9.98 Å². The molecule has 39 heavy (non-hydrogen) atoms. The van der Waals surface area contributed by atoms with E-state index in [9.17, 15) is 4.79 Å². The zero-order chi connectivity index (χ0) is 28.3. The molecule has 2 aromatic rings. The summed E-state index contributed by atoms with van der Waals surface area (Å²) in [5.41, 5.74) is 4.04. The van der Waals surface area contributed by atoms with Gasteiger partial charge in [0.15, 0.2) is 0 Å². The lowest BCUT2D eigenvalue weighted by Gasteiger charge is -2.12. The van der Waals surface area contributed by atoms with Crippen LogP contribution in [0.4, 0.5) is 0 Å². The van der Waals surface area contributed by atoms with E-state index in [1.165, 1.54) is 31.4 Å². The van der Waals surface area contributed by atoms with Crippen LogP contribution in [0.3, 0.4) is 0 Å². The molecule has 6 heteroatoms. The monoisotopic (exact) mass is 532 g/mol. The first kappa shape index (κ1) is 31.7. The highest BCUT2D eigenvalue weighted by Gasteiger charge is 2.14. The number of carbonyl (C=O) groups is 1. The lowest BCUT2D eigenvalue weighted by Crippen LogP contribution is -2.20. The third-order valence-corrected chi connectivity index (χ3v) is 6.70. The van der Waals surface area contributed by atoms with Crippen LogP contribution in [-0.4, -0.2) is 63.1 Å². The molecule has 0 spiro atoms. The molecule has 1 fully saturated rings. The van der Waals surface area contributed by atoms with E-state index < -0.39 is 0 Å². The van der Waals surface area contributed by atoms with E-state index in [0.29, 0.717) is 5.56 Å². The van der Waals surface area contributed by atoms with E-state index in [0.717, 1.165) is 48.9 Å². The number of rotatable bonds is 8. The standard InChI is InChI=1S/C17H19N3O.C10H14O.C6H13N.H2/c1-18-11-3-4-16-10-9-15(12-20-16)13-5-7-14(8-6-13)17(21)19-2;1-2-3-9-11-10-7-5-4-6-8-10;1-6-4-3-5-7(6)2;/h3-8,11-12H,9-10H2,1-2H3,(H,19,21);4-8H,2-3,9H2,1H3;6H,3-5H2,1-2H3;1H/b4-3-,18-11?;;;. The van der Waals surface area contributed by atoms with Crippen molar-refractivity contribution in [2.75, 3.05) is 34.3 Å². The van der Waals surface area contributed by atoms with E-state index >= 15 is 0 Å². The lowest BCUT2D eigenvalue weighted by atomic mass is 9.97. The van der Waals surface area contributed by atoms with Crippen molar-refractivity contribution < 1.29 is 11.0 Å². The van der Waals surface area contributed by atoms with Crippen LogP contribution in [-0.2, 0) is 0 Å². The largest absolute Gasteiger partial charge is 0.494 e. The average molecular weight is 533 g/mol. The topological polar surface area (TPSA) is 66.3 Å². The Kier molecular flexibility index (Phi) is 15.2. The van der Waals surface area contributed by atoms with Crippen molar-refractivity contribution in [1.82, 2.24) is 10.2 Å². The Labute approximate surface area is 237 Å². The minimum atomic E-state index is -0.0674. The van der Waals surface area contributed by atoms with Gasteiger partial charge in [0.05, 0.1) is 6.61 Å². The second-order valence-corrected chi connectivity index (χ2v) is 9.68. The third-order valence-electron chi connectivity index (χ3n) is 6.70. The van der Waals surface area contributed by atoms with Crippen molar-refractivity contribution in [3.63, 3.8) is 0 Å². The van der Waals surface area contributed by atoms with Gasteiger partial charge in [0, 0.05) is 45.3 Å². The number of unbranched alkanes of at least 4 members (excludes halogenated alkanes) is 1. The van der Waals surface area contributed by atoms with E-state index in [2.05, 4.69) is 41.1 Å². The molecular formula is C33H48N4O2. The van der Waals surface area contributed by atoms with Crippen LogP contribution in [0.25, 0.3) is 5.57 Å². The summed E-state index contributed by atoms with van der Waals surface area (Å²) in [5.74, 6) is 0.906. The molecule has 1 atom stereocenters. The minimum Gasteiger partial charge on any atom is -0.494 e. The van der Waals surface area contributed by atoms with E-state index in [4.69, 9.17) is 4.74 Å². The van der Waals surface area contributed by atoms with Gasteiger partial charge in [-0.05, 0) is 100 Å². The molecule has 2 aliphatic heterocycles. The highest BCUT2D eigenvalue weighted by molar-refractivity contribution is 6.00. The van der Waals surface area contributed by atoms with Crippen LogP contribution < -0.4 is 10.1 Å². The summed E-state index contributed by atoms with van der Waals surface area (Å²) >= 11 is 0. The van der Waals surface area contributed by atoms with Gasteiger partial charge in [-0.2, -0.15) is 0 Å². The zero-order valence-corrected chi connectivity index (χ0v) is 24.4. The second-order valence-electron chi connectivity index (χ2n) is 9.68. The first-order chi connectivity index (χ1) is 19.0. The third kappa shape index (κ3) is 12.3.